The van der Waals surface area contributed by atoms with E-state index >= 15 is 0 Å². The predicted octanol–water partition coefficient (Wildman–Crippen LogP) is 10.6. The lowest BCUT2D eigenvalue weighted by Gasteiger charge is -2.20. The summed E-state index contributed by atoms with van der Waals surface area (Å²) in [6.07, 6.45) is -0.852. The van der Waals surface area contributed by atoms with Gasteiger partial charge in [0.2, 0.25) is 0 Å². The van der Waals surface area contributed by atoms with Crippen LogP contribution in [0.5, 0.6) is 5.75 Å². The number of ether oxygens (including phenoxy) is 1. The van der Waals surface area contributed by atoms with Crippen molar-refractivity contribution in [1.82, 2.24) is 0 Å². The highest BCUT2D eigenvalue weighted by Gasteiger charge is 2.26. The quantitative estimate of drug-likeness (QED) is 0.168. The van der Waals surface area contributed by atoms with Gasteiger partial charge in [-0.15, -0.1) is 11.3 Å². The molecule has 8 heteroatoms. The van der Waals surface area contributed by atoms with Crippen LogP contribution in [0.4, 0.5) is 0 Å². The molecule has 222 valence electrons. The van der Waals surface area contributed by atoms with Gasteiger partial charge in [-0.1, -0.05) is 91.0 Å². The summed E-state index contributed by atoms with van der Waals surface area (Å²) in [6, 6.07) is 39.4. The SMILES string of the molecule is O=C(O)[C@@H](Cc1ccccc1)Oc1c(Br)cc(-c2c3ccccc3c(S(=O)c3ccccc3)c3sc4ccccc4c23)cc1Br. The normalized spacial score (nSPS) is 12.8. The molecule has 0 saturated carbocycles. The fourth-order valence-corrected chi connectivity index (χ4v) is 9.90. The van der Waals surface area contributed by atoms with Crippen LogP contribution in [0, 0.1) is 0 Å². The molecule has 6 aromatic carbocycles. The number of fused-ring (bicyclic) bond motifs is 4. The van der Waals surface area contributed by atoms with E-state index in [1.165, 1.54) is 0 Å². The number of aliphatic carboxylic acids is 1. The highest BCUT2D eigenvalue weighted by atomic mass is 79.9. The second kappa shape index (κ2) is 12.5. The fraction of sp³-hybridized carbons (Fsp3) is 0.0541. The van der Waals surface area contributed by atoms with Gasteiger partial charge >= 0.3 is 5.97 Å². The molecule has 1 N–H and O–H groups in total. The minimum atomic E-state index is -1.41. The molecule has 0 radical (unpaired) electrons. The van der Waals surface area contributed by atoms with E-state index < -0.39 is 22.9 Å². The van der Waals surface area contributed by atoms with Gasteiger partial charge in [0.05, 0.1) is 29.3 Å². The van der Waals surface area contributed by atoms with Crippen LogP contribution in [0.1, 0.15) is 5.56 Å². The maximum absolute atomic E-state index is 14.3. The molecule has 0 bridgehead atoms. The second-order valence-electron chi connectivity index (χ2n) is 10.5. The van der Waals surface area contributed by atoms with E-state index in [9.17, 15) is 14.1 Å². The van der Waals surface area contributed by atoms with Crippen molar-refractivity contribution >= 4 is 90.9 Å². The van der Waals surface area contributed by atoms with Crippen molar-refractivity contribution in [2.75, 3.05) is 0 Å². The molecule has 4 nitrogen and oxygen atoms in total. The largest absolute Gasteiger partial charge is 0.478 e. The summed E-state index contributed by atoms with van der Waals surface area (Å²) in [5.74, 6) is -0.624. The second-order valence-corrected chi connectivity index (χ2v) is 14.7. The summed E-state index contributed by atoms with van der Waals surface area (Å²) >= 11 is 9.06. The number of hydrogen-bond acceptors (Lipinski definition) is 4. The molecule has 7 rings (SSSR count). The third-order valence-electron chi connectivity index (χ3n) is 7.72. The molecule has 2 atom stereocenters. The van der Waals surface area contributed by atoms with E-state index in [2.05, 4.69) is 50.1 Å². The smallest absolute Gasteiger partial charge is 0.345 e. The van der Waals surface area contributed by atoms with Crippen LogP contribution in [0.15, 0.2) is 140 Å². The van der Waals surface area contributed by atoms with Crippen molar-refractivity contribution in [2.45, 2.75) is 22.3 Å². The molecule has 0 aliphatic rings. The molecule has 0 fully saturated rings. The Kier molecular flexibility index (Phi) is 8.31. The molecule has 7 aromatic rings. The Morgan fingerprint density at radius 2 is 1.36 bits per heavy atom. The topological polar surface area (TPSA) is 63.6 Å². The van der Waals surface area contributed by atoms with Gasteiger partial charge in [0, 0.05) is 32.2 Å². The van der Waals surface area contributed by atoms with Crippen molar-refractivity contribution in [3.05, 3.63) is 136 Å². The Balaban J connectivity index is 1.44. The zero-order valence-electron chi connectivity index (χ0n) is 23.6. The lowest BCUT2D eigenvalue weighted by Crippen LogP contribution is -2.29. The van der Waals surface area contributed by atoms with Gasteiger partial charge in [-0.05, 0) is 84.3 Å². The first-order valence-electron chi connectivity index (χ1n) is 14.2. The summed E-state index contributed by atoms with van der Waals surface area (Å²) in [5.41, 5.74) is 2.80. The van der Waals surface area contributed by atoms with Crippen LogP contribution in [-0.4, -0.2) is 21.4 Å². The van der Waals surface area contributed by atoms with Crippen molar-refractivity contribution in [3.63, 3.8) is 0 Å². The Hall–Kier alpha value is -3.82. The first kappa shape index (κ1) is 29.9. The van der Waals surface area contributed by atoms with Crippen LogP contribution in [0.3, 0.4) is 0 Å². The Morgan fingerprint density at radius 1 is 0.778 bits per heavy atom. The molecular formula is C37H24Br2O4S2. The molecular weight excluding hydrogens is 732 g/mol. The zero-order valence-corrected chi connectivity index (χ0v) is 28.4. The number of benzene rings is 6. The number of carboxylic acid groups (broad SMARTS) is 1. The van der Waals surface area contributed by atoms with Crippen LogP contribution in [-0.2, 0) is 22.0 Å². The lowest BCUT2D eigenvalue weighted by atomic mass is 9.93. The summed E-state index contributed by atoms with van der Waals surface area (Å²) in [4.78, 5) is 13.8. The fourth-order valence-electron chi connectivity index (χ4n) is 5.72. The Bertz CT molecular complexity index is 2230. The number of rotatable bonds is 8. The third-order valence-corrected chi connectivity index (χ3v) is 11.7. The standard InChI is InChI=1S/C37H24Br2O4S2/c38-28-20-23(21-29(39)34(28)43-30(37(40)41)19-22-11-3-1-4-12-22)32-25-15-7-8-16-26(25)36(45(42)24-13-5-2-6-14-24)35-33(32)27-17-9-10-18-31(27)44-35/h1-18,20-21,30H,19H2,(H,40,41)/t30-,45?/m1/s1. The molecule has 0 aliphatic carbocycles. The van der Waals surface area contributed by atoms with Gasteiger partial charge in [-0.3, -0.25) is 0 Å². The summed E-state index contributed by atoms with van der Waals surface area (Å²) in [7, 11) is -1.41. The van der Waals surface area contributed by atoms with Crippen molar-refractivity contribution < 1.29 is 18.8 Å². The van der Waals surface area contributed by atoms with Crippen LogP contribution in [0.2, 0.25) is 0 Å². The summed E-state index contributed by atoms with van der Waals surface area (Å²) in [5, 5.41) is 14.0. The number of carbonyl (C=O) groups is 1. The van der Waals surface area contributed by atoms with E-state index in [0.29, 0.717) is 14.7 Å². The van der Waals surface area contributed by atoms with Gasteiger partial charge in [-0.2, -0.15) is 0 Å². The van der Waals surface area contributed by atoms with Crippen molar-refractivity contribution in [1.29, 1.82) is 0 Å². The maximum atomic E-state index is 14.3. The Labute approximate surface area is 283 Å². The Morgan fingerprint density at radius 3 is 2.02 bits per heavy atom. The number of halogens is 2. The summed E-state index contributed by atoms with van der Waals surface area (Å²) < 4.78 is 23.7. The summed E-state index contributed by atoms with van der Waals surface area (Å²) in [6.45, 7) is 0. The van der Waals surface area contributed by atoms with Gasteiger partial charge in [0.1, 0.15) is 5.75 Å². The van der Waals surface area contributed by atoms with E-state index in [0.717, 1.165) is 57.4 Å². The molecule has 1 aromatic heterocycles. The molecule has 0 aliphatic heterocycles. The lowest BCUT2D eigenvalue weighted by molar-refractivity contribution is -0.145. The number of thiophene rings is 1. The maximum Gasteiger partial charge on any atom is 0.345 e. The molecule has 0 amide bonds. The molecule has 1 unspecified atom stereocenters. The molecule has 0 saturated heterocycles. The van der Waals surface area contributed by atoms with Gasteiger partial charge in [-0.25, -0.2) is 9.00 Å². The van der Waals surface area contributed by atoms with Gasteiger partial charge in [0.15, 0.2) is 6.10 Å². The molecule has 1 heterocycles. The van der Waals surface area contributed by atoms with Crippen molar-refractivity contribution in [3.8, 4) is 16.9 Å². The van der Waals surface area contributed by atoms with E-state index in [-0.39, 0.29) is 6.42 Å². The van der Waals surface area contributed by atoms with Crippen molar-refractivity contribution in [2.24, 2.45) is 0 Å². The number of carboxylic acids is 1. The minimum Gasteiger partial charge on any atom is -0.478 e. The van der Waals surface area contributed by atoms with Crippen LogP contribution < -0.4 is 4.74 Å². The van der Waals surface area contributed by atoms with E-state index in [1.807, 2.05) is 103 Å². The van der Waals surface area contributed by atoms with E-state index in [1.54, 1.807) is 11.3 Å². The highest BCUT2D eigenvalue weighted by Crippen LogP contribution is 2.50. The number of hydrogen-bond donors (Lipinski definition) is 1. The monoisotopic (exact) mass is 754 g/mol. The van der Waals surface area contributed by atoms with Crippen LogP contribution >= 0.6 is 43.2 Å². The minimum absolute atomic E-state index is 0.225. The first-order valence-corrected chi connectivity index (χ1v) is 17.7. The predicted molar refractivity (Wildman–Crippen MR) is 191 cm³/mol. The van der Waals surface area contributed by atoms with E-state index in [4.69, 9.17) is 4.74 Å². The third kappa shape index (κ3) is 5.61. The van der Waals surface area contributed by atoms with Gasteiger partial charge in [0.25, 0.3) is 0 Å². The average Bonchev–Trinajstić information content (AvgIpc) is 3.44. The first-order chi connectivity index (χ1) is 21.9. The highest BCUT2D eigenvalue weighted by molar-refractivity contribution is 9.11. The van der Waals surface area contributed by atoms with Gasteiger partial charge < -0.3 is 9.84 Å². The average molecular weight is 757 g/mol. The zero-order chi connectivity index (χ0) is 31.1. The molecule has 0 spiro atoms. The molecule has 45 heavy (non-hydrogen) atoms. The van der Waals surface area contributed by atoms with Crippen LogP contribution in [0.25, 0.3) is 42.1 Å².